The summed E-state index contributed by atoms with van der Waals surface area (Å²) in [6.45, 7) is 3.28. The molecule has 0 aliphatic carbocycles. The molecule has 1 fully saturated rings. The maximum absolute atomic E-state index is 12.1. The molecule has 0 bridgehead atoms. The first-order chi connectivity index (χ1) is 9.25. The summed E-state index contributed by atoms with van der Waals surface area (Å²) in [5.41, 5.74) is 0. The molecular formula is C15H28GeN2O4. The Morgan fingerprint density at radius 1 is 1.09 bits per heavy atom. The van der Waals surface area contributed by atoms with E-state index in [9.17, 15) is 4.79 Å². The number of carbonyl (C=O) groups excluding carboxylic acids is 1. The SMILES string of the molecule is C[N]([Ge][c]1ccccc1)C(=O)CCN1CCCCC1.O.O.O. The maximum Gasteiger partial charge on any atom is -0.412 e. The topological polar surface area (TPSA) is 118 Å². The van der Waals surface area contributed by atoms with Crippen molar-refractivity contribution in [3.63, 3.8) is 0 Å². The van der Waals surface area contributed by atoms with Crippen LogP contribution in [-0.4, -0.2) is 73.4 Å². The van der Waals surface area contributed by atoms with Gasteiger partial charge in [-0.3, -0.25) is 0 Å². The van der Waals surface area contributed by atoms with Crippen molar-refractivity contribution in [2.24, 2.45) is 0 Å². The molecule has 6 N–H and O–H groups in total. The van der Waals surface area contributed by atoms with E-state index in [0.717, 1.165) is 6.54 Å². The fourth-order valence-corrected chi connectivity index (χ4v) is 4.40. The van der Waals surface area contributed by atoms with E-state index in [1.165, 1.54) is 36.7 Å². The fourth-order valence-electron chi connectivity index (χ4n) is 2.37. The molecule has 2 rings (SSSR count). The van der Waals surface area contributed by atoms with Crippen LogP contribution >= 0.6 is 0 Å². The zero-order valence-corrected chi connectivity index (χ0v) is 15.2. The van der Waals surface area contributed by atoms with Crippen molar-refractivity contribution < 1.29 is 21.2 Å². The van der Waals surface area contributed by atoms with Crippen molar-refractivity contribution in [2.45, 2.75) is 25.7 Å². The largest absolute Gasteiger partial charge is 0.412 e. The molecule has 126 valence electrons. The molecule has 6 nitrogen and oxygen atoms in total. The molecule has 1 aromatic carbocycles. The van der Waals surface area contributed by atoms with Gasteiger partial charge >= 0.3 is 122 Å². The van der Waals surface area contributed by atoms with Crippen LogP contribution < -0.4 is 4.40 Å². The smallest absolute Gasteiger partial charge is 0.412 e. The predicted molar refractivity (Wildman–Crippen MR) is 90.3 cm³/mol. The van der Waals surface area contributed by atoms with Gasteiger partial charge in [-0.05, 0) is 0 Å². The zero-order chi connectivity index (χ0) is 13.5. The Morgan fingerprint density at radius 2 is 1.68 bits per heavy atom. The molecule has 7 heteroatoms. The second-order valence-corrected chi connectivity index (χ2v) is 8.17. The van der Waals surface area contributed by atoms with Crippen molar-refractivity contribution in [1.82, 2.24) is 8.76 Å². The summed E-state index contributed by atoms with van der Waals surface area (Å²) in [6.07, 6.45) is 4.61. The molecule has 1 aliphatic rings. The molecule has 22 heavy (non-hydrogen) atoms. The van der Waals surface area contributed by atoms with Crippen LogP contribution in [0.2, 0.25) is 0 Å². The van der Waals surface area contributed by atoms with Gasteiger partial charge in [0, 0.05) is 0 Å². The number of amides is 1. The number of piperidine rings is 1. The van der Waals surface area contributed by atoms with Crippen molar-refractivity contribution >= 4 is 26.0 Å². The zero-order valence-electron chi connectivity index (χ0n) is 13.1. The number of carbonyl (C=O) groups is 1. The van der Waals surface area contributed by atoms with Crippen molar-refractivity contribution in [3.8, 4) is 0 Å². The fraction of sp³-hybridized carbons (Fsp3) is 0.533. The van der Waals surface area contributed by atoms with Crippen LogP contribution in [-0.2, 0) is 4.79 Å². The molecule has 0 atom stereocenters. The van der Waals surface area contributed by atoms with E-state index in [1.807, 2.05) is 29.1 Å². The number of hydrogen-bond acceptors (Lipinski definition) is 2. The van der Waals surface area contributed by atoms with Crippen LogP contribution in [0.5, 0.6) is 0 Å². The molecule has 1 aromatic rings. The second-order valence-electron chi connectivity index (χ2n) is 5.08. The molecule has 2 radical (unpaired) electrons. The van der Waals surface area contributed by atoms with E-state index in [0.29, 0.717) is 12.3 Å². The standard InChI is InChI=1S/C15H22GeN2O.3H2O/c1-17(16-14-8-4-2-5-9-14)15(19)10-13-18-11-6-3-7-12-18;;;/h2,4-5,8-9H,3,6-7,10-13H2,1H3;3*1H2. The first kappa shape index (κ1) is 23.3. The molecule has 0 aromatic heterocycles. The molecule has 1 aliphatic heterocycles. The summed E-state index contributed by atoms with van der Waals surface area (Å²) >= 11 is -0.485. The molecule has 0 saturated carbocycles. The van der Waals surface area contributed by atoms with Gasteiger partial charge in [0.15, 0.2) is 0 Å². The quantitative estimate of drug-likeness (QED) is 0.603. The van der Waals surface area contributed by atoms with Crippen LogP contribution in [0, 0.1) is 0 Å². The van der Waals surface area contributed by atoms with Gasteiger partial charge in [-0.25, -0.2) is 0 Å². The minimum atomic E-state index is -0.485. The molecule has 1 amide bonds. The van der Waals surface area contributed by atoms with Crippen LogP contribution in [0.15, 0.2) is 30.3 Å². The third kappa shape index (κ3) is 7.90. The normalized spacial score (nSPS) is 14.0. The van der Waals surface area contributed by atoms with Crippen molar-refractivity contribution in [1.29, 1.82) is 0 Å². The summed E-state index contributed by atoms with van der Waals surface area (Å²) in [7, 11) is 1.95. The Labute approximate surface area is 139 Å². The monoisotopic (exact) mass is 374 g/mol. The Kier molecular flexibility index (Phi) is 13.4. The molecule has 1 heterocycles. The van der Waals surface area contributed by atoms with Crippen LogP contribution in [0.3, 0.4) is 0 Å². The van der Waals surface area contributed by atoms with Crippen LogP contribution in [0.25, 0.3) is 0 Å². The van der Waals surface area contributed by atoms with Gasteiger partial charge in [-0.2, -0.15) is 0 Å². The predicted octanol–water partition coefficient (Wildman–Crippen LogP) is -1.21. The van der Waals surface area contributed by atoms with Crippen molar-refractivity contribution in [3.05, 3.63) is 30.3 Å². The summed E-state index contributed by atoms with van der Waals surface area (Å²) in [5, 5.41) is 0. The Balaban J connectivity index is 0. The summed E-state index contributed by atoms with van der Waals surface area (Å²) < 4.78 is 3.27. The molecule has 0 spiro atoms. The number of benzene rings is 1. The Morgan fingerprint density at radius 3 is 2.27 bits per heavy atom. The first-order valence-electron chi connectivity index (χ1n) is 7.06. The number of nitrogens with zero attached hydrogens (tertiary/aromatic N) is 2. The summed E-state index contributed by atoms with van der Waals surface area (Å²) in [6, 6.07) is 10.4. The van der Waals surface area contributed by atoms with E-state index >= 15 is 0 Å². The first-order valence-corrected chi connectivity index (χ1v) is 9.05. The molecular weight excluding hydrogens is 345 g/mol. The van der Waals surface area contributed by atoms with Gasteiger partial charge in [0.2, 0.25) is 0 Å². The van der Waals surface area contributed by atoms with Gasteiger partial charge in [-0.1, -0.05) is 0 Å². The Bertz CT molecular complexity index is 400. The van der Waals surface area contributed by atoms with Crippen molar-refractivity contribution in [2.75, 3.05) is 26.7 Å². The van der Waals surface area contributed by atoms with Gasteiger partial charge in [0.05, 0.1) is 0 Å². The second kappa shape index (κ2) is 12.6. The average molecular weight is 373 g/mol. The third-order valence-corrected chi connectivity index (χ3v) is 6.00. The van der Waals surface area contributed by atoms with Gasteiger partial charge in [-0.15, -0.1) is 0 Å². The summed E-state index contributed by atoms with van der Waals surface area (Å²) in [4.78, 5) is 14.5. The maximum atomic E-state index is 12.1. The minimum absolute atomic E-state index is 0. The summed E-state index contributed by atoms with van der Waals surface area (Å²) in [5.74, 6) is 0.300. The molecule has 0 unspecified atom stereocenters. The number of rotatable bonds is 5. The molecule has 1 saturated heterocycles. The van der Waals surface area contributed by atoms with Gasteiger partial charge < -0.3 is 16.4 Å². The van der Waals surface area contributed by atoms with Crippen LogP contribution in [0.1, 0.15) is 25.7 Å². The van der Waals surface area contributed by atoms with E-state index < -0.39 is 15.7 Å². The van der Waals surface area contributed by atoms with E-state index in [-0.39, 0.29) is 16.4 Å². The van der Waals surface area contributed by atoms with Gasteiger partial charge in [0.1, 0.15) is 0 Å². The van der Waals surface area contributed by atoms with Gasteiger partial charge in [0.25, 0.3) is 0 Å². The third-order valence-electron chi connectivity index (χ3n) is 3.54. The Hall–Kier alpha value is -0.927. The average Bonchev–Trinajstić information content (AvgIpc) is 2.47. The van der Waals surface area contributed by atoms with E-state index in [2.05, 4.69) is 17.0 Å². The van der Waals surface area contributed by atoms with E-state index in [1.54, 1.807) is 0 Å². The minimum Gasteiger partial charge on any atom is -0.412 e. The number of hydrogen-bond donors (Lipinski definition) is 0. The van der Waals surface area contributed by atoms with Crippen LogP contribution in [0.4, 0.5) is 0 Å². The number of likely N-dealkylation sites (tertiary alicyclic amines) is 1. The van der Waals surface area contributed by atoms with E-state index in [4.69, 9.17) is 0 Å².